The Labute approximate surface area is 153 Å². The maximum Gasteiger partial charge on any atom is 0.240 e. The second kappa shape index (κ2) is 8.42. The number of benzene rings is 2. The van der Waals surface area contributed by atoms with Gasteiger partial charge in [-0.3, -0.25) is 4.79 Å². The molecule has 1 amide bonds. The molecule has 0 saturated heterocycles. The van der Waals surface area contributed by atoms with Gasteiger partial charge in [0.2, 0.25) is 15.9 Å². The number of carbonyl (C=O) groups excluding carboxylic acids is 1. The molecule has 1 N–H and O–H groups in total. The molecule has 0 spiro atoms. The Hall–Kier alpha value is -2.25. The highest BCUT2D eigenvalue weighted by atomic mass is 32.2. The molecular weight excluding hydrogens is 355 g/mol. The van der Waals surface area contributed by atoms with Gasteiger partial charge >= 0.3 is 0 Å². The van der Waals surface area contributed by atoms with Crippen LogP contribution in [0.1, 0.15) is 23.1 Å². The summed E-state index contributed by atoms with van der Waals surface area (Å²) < 4.78 is 40.8. The van der Waals surface area contributed by atoms with E-state index in [0.29, 0.717) is 11.1 Å². The molecule has 26 heavy (non-hydrogen) atoms. The van der Waals surface area contributed by atoms with Crippen molar-refractivity contribution in [1.29, 1.82) is 0 Å². The zero-order valence-corrected chi connectivity index (χ0v) is 15.9. The van der Waals surface area contributed by atoms with Crippen molar-refractivity contribution < 1.29 is 17.6 Å². The van der Waals surface area contributed by atoms with E-state index in [9.17, 15) is 17.6 Å². The molecule has 0 unspecified atom stereocenters. The molecule has 0 aromatic heterocycles. The van der Waals surface area contributed by atoms with Crippen LogP contribution in [0, 0.1) is 19.7 Å². The molecule has 0 heterocycles. The average Bonchev–Trinajstić information content (AvgIpc) is 2.56. The normalized spacial score (nSPS) is 11.4. The number of sulfonamides is 1. The summed E-state index contributed by atoms with van der Waals surface area (Å²) in [4.78, 5) is 13.7. The smallest absolute Gasteiger partial charge is 0.240 e. The van der Waals surface area contributed by atoms with Crippen molar-refractivity contribution in [2.75, 3.05) is 13.6 Å². The quantitative estimate of drug-likeness (QED) is 0.806. The van der Waals surface area contributed by atoms with Crippen molar-refractivity contribution in [3.63, 3.8) is 0 Å². The molecule has 0 saturated carbocycles. The van der Waals surface area contributed by atoms with Crippen molar-refractivity contribution in [3.05, 3.63) is 65.0 Å². The van der Waals surface area contributed by atoms with Gasteiger partial charge in [-0.25, -0.2) is 17.5 Å². The van der Waals surface area contributed by atoms with Crippen LogP contribution in [0.4, 0.5) is 4.39 Å². The largest absolute Gasteiger partial charge is 0.341 e. The molecule has 0 aliphatic carbocycles. The minimum absolute atomic E-state index is 0.00487. The number of hydrogen-bond donors (Lipinski definition) is 1. The number of nitrogens with zero attached hydrogens (tertiary/aromatic N) is 1. The SMILES string of the molecule is Cc1ccc(S(=O)(=O)NCCC(=O)N(C)Cc2ccccc2F)c(C)c1. The minimum Gasteiger partial charge on any atom is -0.341 e. The van der Waals surface area contributed by atoms with E-state index in [0.717, 1.165) is 5.56 Å². The van der Waals surface area contributed by atoms with Crippen LogP contribution in [0.2, 0.25) is 0 Å². The molecule has 140 valence electrons. The third-order valence-electron chi connectivity index (χ3n) is 4.04. The average molecular weight is 378 g/mol. The number of nitrogens with one attached hydrogen (secondary N) is 1. The molecular formula is C19H23FN2O3S. The summed E-state index contributed by atoms with van der Waals surface area (Å²) in [7, 11) is -2.11. The van der Waals surface area contributed by atoms with Crippen LogP contribution in [0.15, 0.2) is 47.4 Å². The number of amides is 1. The van der Waals surface area contributed by atoms with Gasteiger partial charge in [-0.15, -0.1) is 0 Å². The molecule has 0 fully saturated rings. The third-order valence-corrected chi connectivity index (χ3v) is 5.66. The monoisotopic (exact) mass is 378 g/mol. The van der Waals surface area contributed by atoms with Crippen LogP contribution in [0.5, 0.6) is 0 Å². The summed E-state index contributed by atoms with van der Waals surface area (Å²) in [5.74, 6) is -0.640. The van der Waals surface area contributed by atoms with Gasteiger partial charge in [0.15, 0.2) is 0 Å². The van der Waals surface area contributed by atoms with E-state index in [1.807, 2.05) is 6.92 Å². The number of hydrogen-bond acceptors (Lipinski definition) is 3. The molecule has 0 bridgehead atoms. The van der Waals surface area contributed by atoms with Crippen LogP contribution in [-0.4, -0.2) is 32.8 Å². The predicted octanol–water partition coefficient (Wildman–Crippen LogP) is 2.77. The van der Waals surface area contributed by atoms with Gasteiger partial charge in [0.25, 0.3) is 0 Å². The maximum atomic E-state index is 13.6. The predicted molar refractivity (Wildman–Crippen MR) is 98.6 cm³/mol. The van der Waals surface area contributed by atoms with Gasteiger partial charge in [0.05, 0.1) is 4.90 Å². The lowest BCUT2D eigenvalue weighted by Gasteiger charge is -2.18. The number of aryl methyl sites for hydroxylation is 2. The Morgan fingerprint density at radius 2 is 1.85 bits per heavy atom. The van der Waals surface area contributed by atoms with Gasteiger partial charge < -0.3 is 4.90 Å². The molecule has 0 aliphatic heterocycles. The van der Waals surface area contributed by atoms with E-state index in [2.05, 4.69) is 4.72 Å². The standard InChI is InChI=1S/C19H23FN2O3S/c1-14-8-9-18(15(2)12-14)26(24,25)21-11-10-19(23)22(3)13-16-6-4-5-7-17(16)20/h4-9,12,21H,10-11,13H2,1-3H3. The third kappa shape index (κ3) is 5.12. The van der Waals surface area contributed by atoms with Crippen molar-refractivity contribution in [2.24, 2.45) is 0 Å². The highest BCUT2D eigenvalue weighted by Crippen LogP contribution is 2.16. The maximum absolute atomic E-state index is 13.6. The molecule has 2 aromatic rings. The number of rotatable bonds is 7. The summed E-state index contributed by atoms with van der Waals surface area (Å²) in [6.07, 6.45) is -0.00487. The van der Waals surface area contributed by atoms with Gasteiger partial charge in [-0.2, -0.15) is 0 Å². The zero-order chi connectivity index (χ0) is 19.3. The molecule has 2 aromatic carbocycles. The summed E-state index contributed by atoms with van der Waals surface area (Å²) >= 11 is 0. The van der Waals surface area contributed by atoms with Gasteiger partial charge in [0, 0.05) is 32.1 Å². The van der Waals surface area contributed by atoms with Crippen LogP contribution >= 0.6 is 0 Å². The Bertz CT molecular complexity index is 897. The van der Waals surface area contributed by atoms with Gasteiger partial charge in [0.1, 0.15) is 5.82 Å². The Kier molecular flexibility index (Phi) is 6.50. The summed E-state index contributed by atoms with van der Waals surface area (Å²) in [6, 6.07) is 11.3. The zero-order valence-electron chi connectivity index (χ0n) is 15.1. The number of halogens is 1. The summed E-state index contributed by atoms with van der Waals surface area (Å²) in [6.45, 7) is 3.74. The fourth-order valence-electron chi connectivity index (χ4n) is 2.63. The molecule has 0 atom stereocenters. The fraction of sp³-hybridized carbons (Fsp3) is 0.316. The van der Waals surface area contributed by atoms with E-state index >= 15 is 0 Å². The van der Waals surface area contributed by atoms with Gasteiger partial charge in [-0.1, -0.05) is 35.9 Å². The first-order valence-corrected chi connectivity index (χ1v) is 9.73. The minimum atomic E-state index is -3.68. The van der Waals surface area contributed by atoms with E-state index in [4.69, 9.17) is 0 Å². The molecule has 0 radical (unpaired) electrons. The van der Waals surface area contributed by atoms with Gasteiger partial charge in [-0.05, 0) is 31.5 Å². The summed E-state index contributed by atoms with van der Waals surface area (Å²) in [5, 5.41) is 0. The second-order valence-electron chi connectivity index (χ2n) is 6.26. The van der Waals surface area contributed by atoms with Crippen LogP contribution in [0.25, 0.3) is 0 Å². The molecule has 0 aliphatic rings. The van der Waals surface area contributed by atoms with Crippen LogP contribution in [-0.2, 0) is 21.4 Å². The molecule has 2 rings (SSSR count). The summed E-state index contributed by atoms with van der Waals surface area (Å²) in [5.41, 5.74) is 2.05. The first-order chi connectivity index (χ1) is 12.2. The second-order valence-corrected chi connectivity index (χ2v) is 7.99. The highest BCUT2D eigenvalue weighted by Gasteiger charge is 2.18. The van der Waals surface area contributed by atoms with Crippen molar-refractivity contribution in [2.45, 2.75) is 31.7 Å². The topological polar surface area (TPSA) is 66.5 Å². The lowest BCUT2D eigenvalue weighted by atomic mass is 10.2. The lowest BCUT2D eigenvalue weighted by Crippen LogP contribution is -2.32. The van der Waals surface area contributed by atoms with E-state index < -0.39 is 10.0 Å². The van der Waals surface area contributed by atoms with Crippen LogP contribution < -0.4 is 4.72 Å². The molecule has 7 heteroatoms. The van der Waals surface area contributed by atoms with E-state index in [1.165, 1.54) is 11.0 Å². The Morgan fingerprint density at radius 3 is 2.50 bits per heavy atom. The van der Waals surface area contributed by atoms with Crippen molar-refractivity contribution in [3.8, 4) is 0 Å². The Morgan fingerprint density at radius 1 is 1.15 bits per heavy atom. The van der Waals surface area contributed by atoms with E-state index in [1.54, 1.807) is 50.4 Å². The fourth-order valence-corrected chi connectivity index (χ4v) is 3.89. The highest BCUT2D eigenvalue weighted by molar-refractivity contribution is 7.89. The molecule has 5 nitrogen and oxygen atoms in total. The lowest BCUT2D eigenvalue weighted by molar-refractivity contribution is -0.130. The van der Waals surface area contributed by atoms with Crippen molar-refractivity contribution in [1.82, 2.24) is 9.62 Å². The first kappa shape index (κ1) is 20.1. The Balaban J connectivity index is 1.92. The van der Waals surface area contributed by atoms with Crippen LogP contribution in [0.3, 0.4) is 0 Å². The number of carbonyl (C=O) groups is 1. The first-order valence-electron chi connectivity index (χ1n) is 8.25. The van der Waals surface area contributed by atoms with Crippen molar-refractivity contribution >= 4 is 15.9 Å². The van der Waals surface area contributed by atoms with E-state index in [-0.39, 0.29) is 36.1 Å².